The van der Waals surface area contributed by atoms with Crippen molar-refractivity contribution in [3.8, 4) is 5.75 Å². The van der Waals surface area contributed by atoms with E-state index in [4.69, 9.17) is 33.7 Å². The topological polar surface area (TPSA) is 61.0 Å². The molecule has 2 N–H and O–H groups in total. The molecule has 1 aromatic heterocycles. The number of hydrogen-bond acceptors (Lipinski definition) is 4. The van der Waals surface area contributed by atoms with Gasteiger partial charge in [0.05, 0.1) is 12.3 Å². The summed E-state index contributed by atoms with van der Waals surface area (Å²) in [5.41, 5.74) is 8.36. The van der Waals surface area contributed by atoms with Crippen molar-refractivity contribution in [2.24, 2.45) is 0 Å². The van der Waals surface area contributed by atoms with E-state index in [0.717, 1.165) is 23.4 Å². The van der Waals surface area contributed by atoms with Gasteiger partial charge in [-0.15, -0.1) is 0 Å². The Morgan fingerprint density at radius 2 is 2.05 bits per heavy atom. The molecule has 0 amide bonds. The summed E-state index contributed by atoms with van der Waals surface area (Å²) in [5.74, 6) is 1.04. The highest BCUT2D eigenvalue weighted by atomic mass is 35.5. The Bertz CT molecular complexity index is 655. The van der Waals surface area contributed by atoms with E-state index < -0.39 is 0 Å². The molecule has 4 nitrogen and oxygen atoms in total. The molecule has 0 aliphatic carbocycles. The minimum atomic E-state index is 0.0486. The van der Waals surface area contributed by atoms with Crippen LogP contribution in [0.15, 0.2) is 18.2 Å². The first-order valence-corrected chi connectivity index (χ1v) is 7.03. The Kier molecular flexibility index (Phi) is 3.44. The van der Waals surface area contributed by atoms with Crippen LogP contribution < -0.4 is 10.5 Å². The van der Waals surface area contributed by atoms with Gasteiger partial charge in [0.2, 0.25) is 5.95 Å². The molecule has 0 spiro atoms. The van der Waals surface area contributed by atoms with Crippen molar-refractivity contribution in [2.75, 3.05) is 12.3 Å². The quantitative estimate of drug-likeness (QED) is 0.874. The molecular formula is C14H13Cl2N3O. The van der Waals surface area contributed by atoms with E-state index in [1.165, 1.54) is 0 Å². The van der Waals surface area contributed by atoms with Crippen LogP contribution in [0.3, 0.4) is 0 Å². The van der Waals surface area contributed by atoms with E-state index in [1.54, 1.807) is 12.1 Å². The van der Waals surface area contributed by atoms with Crippen LogP contribution in [0.5, 0.6) is 5.75 Å². The van der Waals surface area contributed by atoms with Crippen LogP contribution in [0.2, 0.25) is 10.0 Å². The van der Waals surface area contributed by atoms with Crippen LogP contribution in [-0.2, 0) is 0 Å². The summed E-state index contributed by atoms with van der Waals surface area (Å²) in [4.78, 5) is 8.44. The number of anilines is 1. The number of nitrogen functional groups attached to an aromatic ring is 1. The smallest absolute Gasteiger partial charge is 0.220 e. The van der Waals surface area contributed by atoms with Crippen molar-refractivity contribution >= 4 is 29.2 Å². The number of halogens is 2. The third-order valence-corrected chi connectivity index (χ3v) is 3.85. The fourth-order valence-electron chi connectivity index (χ4n) is 2.54. The van der Waals surface area contributed by atoms with Gasteiger partial charge in [0.1, 0.15) is 5.75 Å². The van der Waals surface area contributed by atoms with Crippen LogP contribution in [0, 0.1) is 6.92 Å². The normalized spacial score (nSPS) is 17.4. The lowest BCUT2D eigenvalue weighted by Crippen LogP contribution is -2.17. The van der Waals surface area contributed by atoms with Crippen LogP contribution in [0.25, 0.3) is 0 Å². The van der Waals surface area contributed by atoms with Gasteiger partial charge in [-0.2, -0.15) is 0 Å². The molecule has 0 radical (unpaired) electrons. The van der Waals surface area contributed by atoms with Crippen molar-refractivity contribution in [2.45, 2.75) is 19.3 Å². The van der Waals surface area contributed by atoms with Gasteiger partial charge in [-0.05, 0) is 31.5 Å². The van der Waals surface area contributed by atoms with Gasteiger partial charge in [0.15, 0.2) is 0 Å². The van der Waals surface area contributed by atoms with Crippen LogP contribution in [0.1, 0.15) is 29.3 Å². The van der Waals surface area contributed by atoms with Gasteiger partial charge in [0, 0.05) is 27.2 Å². The summed E-state index contributed by atoms with van der Waals surface area (Å²) in [7, 11) is 0. The average Bonchev–Trinajstić information content (AvgIpc) is 2.36. The van der Waals surface area contributed by atoms with Crippen LogP contribution in [-0.4, -0.2) is 16.6 Å². The lowest BCUT2D eigenvalue weighted by Gasteiger charge is -2.27. The maximum absolute atomic E-state index is 6.33. The van der Waals surface area contributed by atoms with E-state index in [1.807, 2.05) is 13.0 Å². The monoisotopic (exact) mass is 309 g/mol. The molecule has 2 aromatic rings. The number of benzene rings is 1. The molecule has 1 atom stereocenters. The zero-order chi connectivity index (χ0) is 14.3. The summed E-state index contributed by atoms with van der Waals surface area (Å²) >= 11 is 12.3. The van der Waals surface area contributed by atoms with Crippen molar-refractivity contribution in [3.05, 3.63) is 45.2 Å². The predicted molar refractivity (Wildman–Crippen MR) is 79.6 cm³/mol. The molecule has 0 bridgehead atoms. The molecular weight excluding hydrogens is 297 g/mol. The van der Waals surface area contributed by atoms with E-state index in [0.29, 0.717) is 22.4 Å². The number of fused-ring (bicyclic) bond motifs is 1. The van der Waals surface area contributed by atoms with Gasteiger partial charge in [-0.3, -0.25) is 0 Å². The van der Waals surface area contributed by atoms with Gasteiger partial charge < -0.3 is 10.5 Å². The first-order chi connectivity index (χ1) is 9.54. The number of nitrogens with zero attached hydrogens (tertiary/aromatic N) is 2. The Morgan fingerprint density at radius 1 is 1.25 bits per heavy atom. The number of rotatable bonds is 1. The summed E-state index contributed by atoms with van der Waals surface area (Å²) in [5, 5.41) is 1.15. The molecule has 0 saturated heterocycles. The molecule has 0 saturated carbocycles. The van der Waals surface area contributed by atoms with Crippen molar-refractivity contribution in [1.29, 1.82) is 0 Å². The first-order valence-electron chi connectivity index (χ1n) is 6.27. The zero-order valence-corrected chi connectivity index (χ0v) is 12.4. The van der Waals surface area contributed by atoms with Crippen molar-refractivity contribution < 1.29 is 4.74 Å². The lowest BCUT2D eigenvalue weighted by molar-refractivity contribution is 0.276. The average molecular weight is 310 g/mol. The van der Waals surface area contributed by atoms with E-state index >= 15 is 0 Å². The molecule has 3 rings (SSSR count). The van der Waals surface area contributed by atoms with Gasteiger partial charge in [-0.25, -0.2) is 9.97 Å². The number of ether oxygens (including phenoxy) is 1. The largest absolute Gasteiger partial charge is 0.493 e. The second-order valence-corrected chi connectivity index (χ2v) is 5.63. The molecule has 6 heteroatoms. The van der Waals surface area contributed by atoms with Crippen LogP contribution >= 0.6 is 23.2 Å². The summed E-state index contributed by atoms with van der Waals surface area (Å²) in [6.45, 7) is 2.49. The summed E-state index contributed by atoms with van der Waals surface area (Å²) in [6, 6.07) is 5.44. The molecule has 2 heterocycles. The molecule has 0 fully saturated rings. The first kappa shape index (κ1) is 13.5. The number of nitrogens with two attached hydrogens (primary N) is 1. The second kappa shape index (κ2) is 5.11. The highest BCUT2D eigenvalue weighted by molar-refractivity contribution is 6.35. The molecule has 20 heavy (non-hydrogen) atoms. The number of hydrogen-bond donors (Lipinski definition) is 1. The Hall–Kier alpha value is -1.52. The SMILES string of the molecule is Cc1cc(C2CCOc3cc(Cl)cc(Cl)c32)nc(N)n1. The Labute approximate surface area is 126 Å². The van der Waals surface area contributed by atoms with E-state index in [-0.39, 0.29) is 11.9 Å². The van der Waals surface area contributed by atoms with Gasteiger partial charge in [-0.1, -0.05) is 23.2 Å². The lowest BCUT2D eigenvalue weighted by atomic mass is 9.89. The highest BCUT2D eigenvalue weighted by Gasteiger charge is 2.27. The highest BCUT2D eigenvalue weighted by Crippen LogP contribution is 2.43. The zero-order valence-electron chi connectivity index (χ0n) is 10.9. The van der Waals surface area contributed by atoms with Gasteiger partial charge in [0.25, 0.3) is 0 Å². The van der Waals surface area contributed by atoms with Crippen molar-refractivity contribution in [1.82, 2.24) is 9.97 Å². The number of aromatic nitrogens is 2. The van der Waals surface area contributed by atoms with E-state index in [9.17, 15) is 0 Å². The predicted octanol–water partition coefficient (Wildman–Crippen LogP) is 3.59. The van der Waals surface area contributed by atoms with Crippen molar-refractivity contribution in [3.63, 3.8) is 0 Å². The van der Waals surface area contributed by atoms with Crippen LogP contribution in [0.4, 0.5) is 5.95 Å². The third kappa shape index (κ3) is 2.41. The fourth-order valence-corrected chi connectivity index (χ4v) is 3.15. The molecule has 1 aliphatic heterocycles. The maximum Gasteiger partial charge on any atom is 0.220 e. The summed E-state index contributed by atoms with van der Waals surface area (Å²) in [6.07, 6.45) is 0.796. The second-order valence-electron chi connectivity index (χ2n) is 4.78. The maximum atomic E-state index is 6.33. The fraction of sp³-hybridized carbons (Fsp3) is 0.286. The third-order valence-electron chi connectivity index (χ3n) is 3.32. The molecule has 104 valence electrons. The molecule has 1 aromatic carbocycles. The van der Waals surface area contributed by atoms with E-state index in [2.05, 4.69) is 9.97 Å². The minimum Gasteiger partial charge on any atom is -0.493 e. The molecule has 1 unspecified atom stereocenters. The van der Waals surface area contributed by atoms with Gasteiger partial charge >= 0.3 is 0 Å². The molecule has 1 aliphatic rings. The summed E-state index contributed by atoms with van der Waals surface area (Å²) < 4.78 is 5.65. The minimum absolute atomic E-state index is 0.0486. The Morgan fingerprint density at radius 3 is 2.80 bits per heavy atom. The number of aryl methyl sites for hydroxylation is 1. The standard InChI is InChI=1S/C14H13Cl2N3O/c1-7-4-11(19-14(17)18-7)9-2-3-20-12-6-8(15)5-10(16)13(9)12/h4-6,9H,2-3H2,1H3,(H2,17,18,19). The Balaban J connectivity index is 2.14.